The molecule has 1 aromatic carbocycles. The highest BCUT2D eigenvalue weighted by molar-refractivity contribution is 6.70. The summed E-state index contributed by atoms with van der Waals surface area (Å²) in [7, 11) is -1.82. The average Bonchev–Trinajstić information content (AvgIpc) is 2.06. The number of carbonyl (C=O) groups excluding carboxylic acids is 1. The van der Waals surface area contributed by atoms with Crippen LogP contribution in [0.1, 0.15) is 10.4 Å². The van der Waals surface area contributed by atoms with Crippen LogP contribution < -0.4 is 4.43 Å². The highest BCUT2D eigenvalue weighted by atomic mass is 28.4. The van der Waals surface area contributed by atoms with Crippen molar-refractivity contribution in [1.29, 1.82) is 0 Å². The second-order valence-electron chi connectivity index (χ2n) is 4.02. The van der Waals surface area contributed by atoms with Gasteiger partial charge in [0.2, 0.25) is 8.32 Å². The Morgan fingerprint density at radius 1 is 1.36 bits per heavy atom. The molecule has 0 radical (unpaired) electrons. The molecule has 0 heterocycles. The van der Waals surface area contributed by atoms with Crippen LogP contribution in [0.5, 0.6) is 5.75 Å². The highest BCUT2D eigenvalue weighted by Gasteiger charge is 2.18. The van der Waals surface area contributed by atoms with Gasteiger partial charge >= 0.3 is 0 Å². The first-order valence-electron chi connectivity index (χ1n) is 4.36. The third kappa shape index (κ3) is 2.96. The van der Waals surface area contributed by atoms with Crippen LogP contribution >= 0.6 is 0 Å². The molecular formula is C10H13FO2Si. The lowest BCUT2D eigenvalue weighted by Gasteiger charge is -2.19. The predicted molar refractivity (Wildman–Crippen MR) is 55.8 cm³/mol. The number of hydrogen-bond donors (Lipinski definition) is 0. The zero-order chi connectivity index (χ0) is 10.8. The lowest BCUT2D eigenvalue weighted by atomic mass is 10.2. The molecule has 0 aliphatic carbocycles. The van der Waals surface area contributed by atoms with Gasteiger partial charge in [-0.15, -0.1) is 0 Å². The lowest BCUT2D eigenvalue weighted by molar-refractivity contribution is 0.112. The number of aldehydes is 1. The van der Waals surface area contributed by atoms with Crippen molar-refractivity contribution in [3.05, 3.63) is 29.6 Å². The smallest absolute Gasteiger partial charge is 0.242 e. The molecular weight excluding hydrogens is 199 g/mol. The molecule has 76 valence electrons. The number of rotatable bonds is 3. The quantitative estimate of drug-likeness (QED) is 0.569. The van der Waals surface area contributed by atoms with E-state index in [9.17, 15) is 9.18 Å². The molecule has 0 aliphatic rings. The third-order valence-corrected chi connectivity index (χ3v) is 2.34. The van der Waals surface area contributed by atoms with Gasteiger partial charge in [-0.2, -0.15) is 0 Å². The normalized spacial score (nSPS) is 11.1. The Morgan fingerprint density at radius 2 is 2.00 bits per heavy atom. The summed E-state index contributed by atoms with van der Waals surface area (Å²) in [4.78, 5) is 10.5. The van der Waals surface area contributed by atoms with Gasteiger partial charge in [0.25, 0.3) is 0 Å². The Morgan fingerprint density at radius 3 is 2.50 bits per heavy atom. The molecule has 0 saturated heterocycles. The average molecular weight is 212 g/mol. The molecule has 0 aliphatic heterocycles. The van der Waals surface area contributed by atoms with Crippen molar-refractivity contribution in [1.82, 2.24) is 0 Å². The topological polar surface area (TPSA) is 26.3 Å². The highest BCUT2D eigenvalue weighted by Crippen LogP contribution is 2.21. The van der Waals surface area contributed by atoms with Gasteiger partial charge in [-0.1, -0.05) is 0 Å². The van der Waals surface area contributed by atoms with Gasteiger partial charge in [0, 0.05) is 5.56 Å². The number of benzene rings is 1. The van der Waals surface area contributed by atoms with Crippen molar-refractivity contribution in [2.75, 3.05) is 0 Å². The first-order valence-corrected chi connectivity index (χ1v) is 7.77. The molecule has 0 fully saturated rings. The van der Waals surface area contributed by atoms with Crippen molar-refractivity contribution < 1.29 is 13.6 Å². The van der Waals surface area contributed by atoms with Gasteiger partial charge < -0.3 is 4.43 Å². The molecule has 14 heavy (non-hydrogen) atoms. The maximum Gasteiger partial charge on any atom is 0.242 e. The van der Waals surface area contributed by atoms with Gasteiger partial charge in [-0.05, 0) is 37.8 Å². The monoisotopic (exact) mass is 212 g/mol. The molecule has 0 aromatic heterocycles. The van der Waals surface area contributed by atoms with Crippen molar-refractivity contribution in [3.8, 4) is 5.75 Å². The van der Waals surface area contributed by atoms with E-state index in [0.717, 1.165) is 0 Å². The molecule has 1 aromatic rings. The Labute approximate surface area is 83.8 Å². The maximum atomic E-state index is 13.2. The van der Waals surface area contributed by atoms with Crippen molar-refractivity contribution in [3.63, 3.8) is 0 Å². The second kappa shape index (κ2) is 3.92. The molecule has 0 unspecified atom stereocenters. The van der Waals surface area contributed by atoms with E-state index in [0.29, 0.717) is 11.8 Å². The summed E-state index contributed by atoms with van der Waals surface area (Å²) in [5, 5.41) is 0. The summed E-state index contributed by atoms with van der Waals surface area (Å²) in [6, 6.07) is 4.11. The van der Waals surface area contributed by atoms with Gasteiger partial charge in [0.05, 0.1) is 0 Å². The Hall–Kier alpha value is -1.16. The number of carbonyl (C=O) groups is 1. The van der Waals surface area contributed by atoms with Gasteiger partial charge in [0.15, 0.2) is 5.82 Å². The molecule has 0 saturated carbocycles. The van der Waals surface area contributed by atoms with E-state index in [1.807, 2.05) is 19.6 Å². The van der Waals surface area contributed by atoms with Crippen LogP contribution in [0, 0.1) is 5.82 Å². The fraction of sp³-hybridized carbons (Fsp3) is 0.300. The van der Waals surface area contributed by atoms with E-state index in [1.165, 1.54) is 18.2 Å². The van der Waals surface area contributed by atoms with Crippen molar-refractivity contribution >= 4 is 14.6 Å². The van der Waals surface area contributed by atoms with E-state index in [-0.39, 0.29) is 5.75 Å². The summed E-state index contributed by atoms with van der Waals surface area (Å²) in [5.74, 6) is -0.244. The minimum Gasteiger partial charge on any atom is -0.542 e. The third-order valence-electron chi connectivity index (χ3n) is 1.51. The molecule has 0 amide bonds. The van der Waals surface area contributed by atoms with Crippen LogP contribution in [0.15, 0.2) is 18.2 Å². The van der Waals surface area contributed by atoms with Crippen LogP contribution in [0.4, 0.5) is 4.39 Å². The van der Waals surface area contributed by atoms with Crippen LogP contribution in [0.2, 0.25) is 19.6 Å². The van der Waals surface area contributed by atoms with Crippen LogP contribution in [0.3, 0.4) is 0 Å². The minimum absolute atomic E-state index is 0.175. The number of hydrogen-bond acceptors (Lipinski definition) is 2. The van der Waals surface area contributed by atoms with Gasteiger partial charge in [-0.25, -0.2) is 4.39 Å². The summed E-state index contributed by atoms with van der Waals surface area (Å²) in [6.07, 6.45) is 0.677. The second-order valence-corrected chi connectivity index (χ2v) is 8.45. The van der Waals surface area contributed by atoms with E-state index in [4.69, 9.17) is 4.43 Å². The van der Waals surface area contributed by atoms with E-state index in [1.54, 1.807) is 0 Å². The van der Waals surface area contributed by atoms with E-state index in [2.05, 4.69) is 0 Å². The van der Waals surface area contributed by atoms with Gasteiger partial charge in [0.1, 0.15) is 12.0 Å². The van der Waals surface area contributed by atoms with Crippen LogP contribution in [-0.4, -0.2) is 14.6 Å². The fourth-order valence-electron chi connectivity index (χ4n) is 1.00. The number of halogens is 1. The summed E-state index contributed by atoms with van der Waals surface area (Å²) in [6.45, 7) is 5.88. The lowest BCUT2D eigenvalue weighted by Crippen LogP contribution is -2.29. The molecule has 0 atom stereocenters. The van der Waals surface area contributed by atoms with Crippen molar-refractivity contribution in [2.24, 2.45) is 0 Å². The Kier molecular flexibility index (Phi) is 3.05. The Bertz CT molecular complexity index is 344. The van der Waals surface area contributed by atoms with Crippen LogP contribution in [0.25, 0.3) is 0 Å². The minimum atomic E-state index is -1.82. The molecule has 2 nitrogen and oxygen atoms in total. The molecule has 0 N–H and O–H groups in total. The SMILES string of the molecule is C[Si](C)(C)Oc1cc(C=O)ccc1F. The zero-order valence-electron chi connectivity index (χ0n) is 8.50. The van der Waals surface area contributed by atoms with Crippen molar-refractivity contribution in [2.45, 2.75) is 19.6 Å². The first kappa shape index (κ1) is 10.9. The standard InChI is InChI=1S/C10H13FO2Si/c1-14(2,3)13-10-6-8(7-12)4-5-9(10)11/h4-7H,1-3H3. The van der Waals surface area contributed by atoms with E-state index < -0.39 is 14.1 Å². The zero-order valence-corrected chi connectivity index (χ0v) is 9.50. The maximum absolute atomic E-state index is 13.2. The first-order chi connectivity index (χ1) is 6.42. The molecule has 1 rings (SSSR count). The summed E-state index contributed by atoms with van der Waals surface area (Å²) < 4.78 is 18.7. The summed E-state index contributed by atoms with van der Waals surface area (Å²) in [5.41, 5.74) is 0.430. The fourth-order valence-corrected chi connectivity index (χ4v) is 1.82. The van der Waals surface area contributed by atoms with Crippen LogP contribution in [-0.2, 0) is 0 Å². The molecule has 0 spiro atoms. The summed E-state index contributed by atoms with van der Waals surface area (Å²) >= 11 is 0. The predicted octanol–water partition coefficient (Wildman–Crippen LogP) is 2.85. The van der Waals surface area contributed by atoms with Gasteiger partial charge in [-0.3, -0.25) is 4.79 Å². The molecule has 4 heteroatoms. The Balaban J connectivity index is 3.01. The van der Waals surface area contributed by atoms with E-state index >= 15 is 0 Å². The molecule has 0 bridgehead atoms. The largest absolute Gasteiger partial charge is 0.542 e.